The Morgan fingerprint density at radius 1 is 1.35 bits per heavy atom. The molecule has 1 atom stereocenters. The summed E-state index contributed by atoms with van der Waals surface area (Å²) in [6.07, 6.45) is -0.116. The minimum absolute atomic E-state index is 0.116. The number of hydrogen-bond donors (Lipinski definition) is 1. The van der Waals surface area contributed by atoms with Crippen molar-refractivity contribution in [2.24, 2.45) is 5.73 Å². The van der Waals surface area contributed by atoms with Gasteiger partial charge in [-0.3, -0.25) is 9.59 Å². The molecule has 0 spiro atoms. The van der Waals surface area contributed by atoms with Gasteiger partial charge in [0.2, 0.25) is 0 Å². The van der Waals surface area contributed by atoms with Gasteiger partial charge in [0.05, 0.1) is 19.1 Å². The number of esters is 1. The van der Waals surface area contributed by atoms with Crippen LogP contribution in [0.4, 0.5) is 0 Å². The largest absolute Gasteiger partial charge is 0.466 e. The van der Waals surface area contributed by atoms with E-state index in [1.165, 1.54) is 0 Å². The molecule has 5 heteroatoms. The van der Waals surface area contributed by atoms with Gasteiger partial charge in [0, 0.05) is 10.6 Å². The Labute approximate surface area is 105 Å². The smallest absolute Gasteiger partial charge is 0.307 e. The number of nitrogens with two attached hydrogens (primary N) is 1. The van der Waals surface area contributed by atoms with Gasteiger partial charge in [0.25, 0.3) is 0 Å². The first kappa shape index (κ1) is 13.7. The first-order valence-electron chi connectivity index (χ1n) is 5.25. The summed E-state index contributed by atoms with van der Waals surface area (Å²) in [5.41, 5.74) is 6.07. The lowest BCUT2D eigenvalue weighted by atomic mass is 10.0. The maximum absolute atomic E-state index is 11.8. The molecule has 0 bridgehead atoms. The van der Waals surface area contributed by atoms with Crippen LogP contribution in [0.5, 0.6) is 0 Å². The molecule has 1 unspecified atom stereocenters. The number of halogens is 1. The summed E-state index contributed by atoms with van der Waals surface area (Å²) in [5.74, 6) is -0.767. The minimum Gasteiger partial charge on any atom is -0.466 e. The third-order valence-electron chi connectivity index (χ3n) is 2.16. The number of carbonyl (C=O) groups is 2. The predicted molar refractivity (Wildman–Crippen MR) is 65.0 cm³/mol. The van der Waals surface area contributed by atoms with Crippen LogP contribution in [0.1, 0.15) is 23.7 Å². The predicted octanol–water partition coefficient (Wildman–Crippen LogP) is 1.80. The number of ether oxygens (including phenoxy) is 1. The standard InChI is InChI=1S/C12H14ClNO3/c1-2-17-11(15)7-10(14)12(16)8-3-5-9(13)6-4-8/h3-6,10H,2,7,14H2,1H3. The molecule has 0 aliphatic heterocycles. The summed E-state index contributed by atoms with van der Waals surface area (Å²) in [6, 6.07) is 5.48. The SMILES string of the molecule is CCOC(=O)CC(N)C(=O)c1ccc(Cl)cc1. The fourth-order valence-corrected chi connectivity index (χ4v) is 1.45. The molecule has 0 saturated heterocycles. The third kappa shape index (κ3) is 4.17. The average Bonchev–Trinajstić information content (AvgIpc) is 2.29. The fraction of sp³-hybridized carbons (Fsp3) is 0.333. The molecule has 92 valence electrons. The first-order valence-corrected chi connectivity index (χ1v) is 5.63. The molecule has 1 aromatic rings. The van der Waals surface area contributed by atoms with Crippen molar-refractivity contribution in [3.63, 3.8) is 0 Å². The average molecular weight is 256 g/mol. The molecule has 1 aromatic carbocycles. The zero-order chi connectivity index (χ0) is 12.8. The van der Waals surface area contributed by atoms with Gasteiger partial charge < -0.3 is 10.5 Å². The van der Waals surface area contributed by atoms with Crippen LogP contribution in [0.3, 0.4) is 0 Å². The fourth-order valence-electron chi connectivity index (χ4n) is 1.32. The summed E-state index contributed by atoms with van der Waals surface area (Å²) in [7, 11) is 0. The van der Waals surface area contributed by atoms with E-state index in [-0.39, 0.29) is 18.8 Å². The summed E-state index contributed by atoms with van der Waals surface area (Å²) >= 11 is 5.70. The van der Waals surface area contributed by atoms with E-state index in [0.717, 1.165) is 0 Å². The lowest BCUT2D eigenvalue weighted by Crippen LogP contribution is -2.33. The van der Waals surface area contributed by atoms with Crippen molar-refractivity contribution >= 4 is 23.4 Å². The highest BCUT2D eigenvalue weighted by atomic mass is 35.5. The second-order valence-electron chi connectivity index (χ2n) is 3.49. The number of hydrogen-bond acceptors (Lipinski definition) is 4. The molecule has 0 heterocycles. The second-order valence-corrected chi connectivity index (χ2v) is 3.92. The van der Waals surface area contributed by atoms with Gasteiger partial charge in [-0.15, -0.1) is 0 Å². The van der Waals surface area contributed by atoms with E-state index in [4.69, 9.17) is 22.1 Å². The quantitative estimate of drug-likeness (QED) is 0.643. The Hall–Kier alpha value is -1.39. The van der Waals surface area contributed by atoms with E-state index in [0.29, 0.717) is 10.6 Å². The molecule has 0 aromatic heterocycles. The Balaban J connectivity index is 2.63. The first-order chi connectivity index (χ1) is 8.04. The summed E-state index contributed by atoms with van der Waals surface area (Å²) < 4.78 is 4.73. The third-order valence-corrected chi connectivity index (χ3v) is 2.41. The number of ketones is 1. The summed E-state index contributed by atoms with van der Waals surface area (Å²) in [6.45, 7) is 1.98. The Bertz CT molecular complexity index is 403. The Morgan fingerprint density at radius 3 is 2.47 bits per heavy atom. The monoisotopic (exact) mass is 255 g/mol. The number of Topliss-reactive ketones (excluding diaryl/α,β-unsaturated/α-hetero) is 1. The van der Waals surface area contributed by atoms with Crippen LogP contribution >= 0.6 is 11.6 Å². The van der Waals surface area contributed by atoms with Gasteiger partial charge in [-0.25, -0.2) is 0 Å². The molecule has 0 aliphatic rings. The molecule has 2 N–H and O–H groups in total. The molecule has 0 fully saturated rings. The lowest BCUT2D eigenvalue weighted by molar-refractivity contribution is -0.143. The summed E-state index contributed by atoms with van der Waals surface area (Å²) in [4.78, 5) is 23.0. The van der Waals surface area contributed by atoms with Gasteiger partial charge in [-0.2, -0.15) is 0 Å². The number of rotatable bonds is 5. The summed E-state index contributed by atoms with van der Waals surface area (Å²) in [5, 5.41) is 0.542. The van der Waals surface area contributed by atoms with Crippen molar-refractivity contribution in [2.75, 3.05) is 6.61 Å². The van der Waals surface area contributed by atoms with Gasteiger partial charge >= 0.3 is 5.97 Å². The molecule has 1 rings (SSSR count). The van der Waals surface area contributed by atoms with Gasteiger partial charge in [0.15, 0.2) is 5.78 Å². The molecular weight excluding hydrogens is 242 g/mol. The molecule has 17 heavy (non-hydrogen) atoms. The van der Waals surface area contributed by atoms with E-state index < -0.39 is 12.0 Å². The van der Waals surface area contributed by atoms with Crippen LogP contribution in [-0.2, 0) is 9.53 Å². The van der Waals surface area contributed by atoms with E-state index >= 15 is 0 Å². The van der Waals surface area contributed by atoms with Crippen molar-refractivity contribution in [3.05, 3.63) is 34.9 Å². The van der Waals surface area contributed by atoms with Crippen LogP contribution < -0.4 is 5.73 Å². The van der Waals surface area contributed by atoms with Crippen LogP contribution in [-0.4, -0.2) is 24.4 Å². The normalized spacial score (nSPS) is 11.9. The highest BCUT2D eigenvalue weighted by Crippen LogP contribution is 2.11. The maximum Gasteiger partial charge on any atom is 0.307 e. The van der Waals surface area contributed by atoms with Gasteiger partial charge in [0.1, 0.15) is 0 Å². The van der Waals surface area contributed by atoms with Crippen molar-refractivity contribution in [3.8, 4) is 0 Å². The van der Waals surface area contributed by atoms with Crippen molar-refractivity contribution in [1.82, 2.24) is 0 Å². The molecule has 4 nitrogen and oxygen atoms in total. The highest BCUT2D eigenvalue weighted by Gasteiger charge is 2.19. The zero-order valence-corrected chi connectivity index (χ0v) is 10.2. The minimum atomic E-state index is -0.879. The van der Waals surface area contributed by atoms with Crippen LogP contribution in [0.25, 0.3) is 0 Å². The Morgan fingerprint density at radius 2 is 1.94 bits per heavy atom. The van der Waals surface area contributed by atoms with Gasteiger partial charge in [-0.1, -0.05) is 11.6 Å². The topological polar surface area (TPSA) is 69.4 Å². The van der Waals surface area contributed by atoms with E-state index in [1.807, 2.05) is 0 Å². The van der Waals surface area contributed by atoms with E-state index in [1.54, 1.807) is 31.2 Å². The van der Waals surface area contributed by atoms with Crippen LogP contribution in [0.2, 0.25) is 5.02 Å². The molecule has 0 amide bonds. The van der Waals surface area contributed by atoms with Crippen LogP contribution in [0.15, 0.2) is 24.3 Å². The van der Waals surface area contributed by atoms with E-state index in [9.17, 15) is 9.59 Å². The van der Waals surface area contributed by atoms with E-state index in [2.05, 4.69) is 0 Å². The number of carbonyl (C=O) groups excluding carboxylic acids is 2. The van der Waals surface area contributed by atoms with Crippen LogP contribution in [0, 0.1) is 0 Å². The maximum atomic E-state index is 11.8. The molecule has 0 radical (unpaired) electrons. The highest BCUT2D eigenvalue weighted by molar-refractivity contribution is 6.30. The second kappa shape index (κ2) is 6.37. The van der Waals surface area contributed by atoms with Crippen molar-refractivity contribution in [2.45, 2.75) is 19.4 Å². The lowest BCUT2D eigenvalue weighted by Gasteiger charge is -2.09. The molecular formula is C12H14ClNO3. The van der Waals surface area contributed by atoms with Gasteiger partial charge in [-0.05, 0) is 31.2 Å². The molecule has 0 saturated carbocycles. The number of benzene rings is 1. The zero-order valence-electron chi connectivity index (χ0n) is 9.48. The van der Waals surface area contributed by atoms with Crippen molar-refractivity contribution < 1.29 is 14.3 Å². The molecule has 0 aliphatic carbocycles. The van der Waals surface area contributed by atoms with Crippen molar-refractivity contribution in [1.29, 1.82) is 0 Å². The Kier molecular flexibility index (Phi) is 5.12.